The van der Waals surface area contributed by atoms with E-state index in [-0.39, 0.29) is 17.7 Å². The summed E-state index contributed by atoms with van der Waals surface area (Å²) >= 11 is 0. The Bertz CT molecular complexity index is 2840. The molecular weight excluding hydrogens is 969 g/mol. The lowest BCUT2D eigenvalue weighted by molar-refractivity contribution is -0.377. The van der Waals surface area contributed by atoms with Crippen LogP contribution in [-0.2, 0) is 20.6 Å². The van der Waals surface area contributed by atoms with E-state index in [9.17, 15) is 14.4 Å². The number of carbonyl (C=O) groups excluding carboxylic acids is 3. The lowest BCUT2D eigenvalue weighted by Crippen LogP contribution is -2.38. The molecule has 15 heteroatoms. The highest BCUT2D eigenvalue weighted by Gasteiger charge is 2.33. The predicted molar refractivity (Wildman–Crippen MR) is 296 cm³/mol. The molecule has 2 aliphatic heterocycles. The second-order valence-corrected chi connectivity index (χ2v) is 20.5. The summed E-state index contributed by atoms with van der Waals surface area (Å²) in [7, 11) is 0. The van der Waals surface area contributed by atoms with E-state index in [2.05, 4.69) is 33.8 Å². The van der Waals surface area contributed by atoms with Gasteiger partial charge in [-0.1, -0.05) is 63.1 Å². The Labute approximate surface area is 455 Å². The molecular formula is C62H78N8O7. The number of likely N-dealkylation sites (tertiary alicyclic amines) is 2. The summed E-state index contributed by atoms with van der Waals surface area (Å²) in [5, 5.41) is 26.5. The molecule has 9 rings (SSSR count). The molecule has 77 heavy (non-hydrogen) atoms. The van der Waals surface area contributed by atoms with Gasteiger partial charge in [0.25, 0.3) is 23.7 Å². The van der Waals surface area contributed by atoms with E-state index < -0.39 is 5.97 Å². The van der Waals surface area contributed by atoms with E-state index in [0.717, 1.165) is 92.3 Å². The van der Waals surface area contributed by atoms with Gasteiger partial charge in [0.05, 0.1) is 23.3 Å². The maximum atomic E-state index is 13.6. The minimum absolute atomic E-state index is 0.0259. The SMILES string of the molecule is CCOC(CC)(OCC)OCC.CCc1nnc(-c2cc(C(=O)N3CCC(c4ccc(C#N)cc4)CC3)c(C)cc2C2CCC2)o1.Cc1cc(C2CCC2)c(C(=O)NN)cc1C(=O)N1CCC(c2ccc(C#N)cc2)CC1. The van der Waals surface area contributed by atoms with Crippen molar-refractivity contribution in [1.29, 1.82) is 10.5 Å². The summed E-state index contributed by atoms with van der Waals surface area (Å²) in [4.78, 5) is 43.1. The third-order valence-corrected chi connectivity index (χ3v) is 15.8. The van der Waals surface area contributed by atoms with Crippen molar-refractivity contribution in [2.45, 2.75) is 155 Å². The van der Waals surface area contributed by atoms with Gasteiger partial charge in [-0.05, 0) is 179 Å². The Morgan fingerprint density at radius 2 is 1.06 bits per heavy atom. The Hall–Kier alpha value is -6.75. The van der Waals surface area contributed by atoms with Gasteiger partial charge >= 0.3 is 0 Å². The predicted octanol–water partition coefficient (Wildman–Crippen LogP) is 11.7. The number of nitrogens with one attached hydrogen (secondary N) is 1. The molecule has 5 aromatic rings. The fourth-order valence-electron chi connectivity index (χ4n) is 10.9. The Kier molecular flexibility index (Phi) is 20.7. The van der Waals surface area contributed by atoms with Crippen LogP contribution in [0.5, 0.6) is 0 Å². The van der Waals surface area contributed by atoms with Crippen LogP contribution in [0.25, 0.3) is 11.5 Å². The maximum Gasteiger partial charge on any atom is 0.282 e. The molecule has 2 saturated heterocycles. The van der Waals surface area contributed by atoms with Crippen LogP contribution in [0.15, 0.2) is 77.2 Å². The van der Waals surface area contributed by atoms with Gasteiger partial charge < -0.3 is 28.4 Å². The van der Waals surface area contributed by atoms with Gasteiger partial charge in [-0.3, -0.25) is 19.8 Å². The van der Waals surface area contributed by atoms with Crippen LogP contribution in [-0.4, -0.2) is 89.7 Å². The van der Waals surface area contributed by atoms with Gasteiger partial charge in [-0.25, -0.2) is 5.84 Å². The average molecular weight is 1050 g/mol. The molecule has 3 N–H and O–H groups in total. The minimum atomic E-state index is -0.807. The Morgan fingerprint density at radius 3 is 1.44 bits per heavy atom. The van der Waals surface area contributed by atoms with Crippen molar-refractivity contribution in [2.75, 3.05) is 46.0 Å². The van der Waals surface area contributed by atoms with Crippen LogP contribution in [0.3, 0.4) is 0 Å². The molecule has 4 aliphatic rings. The number of carbonyl (C=O) groups is 3. The Morgan fingerprint density at radius 1 is 0.623 bits per heavy atom. The van der Waals surface area contributed by atoms with Crippen LogP contribution >= 0.6 is 0 Å². The topological polar surface area (TPSA) is 210 Å². The van der Waals surface area contributed by atoms with E-state index in [0.29, 0.717) is 103 Å². The highest BCUT2D eigenvalue weighted by atomic mass is 16.9. The highest BCUT2D eigenvalue weighted by Crippen LogP contribution is 2.43. The van der Waals surface area contributed by atoms with Crippen LogP contribution in [0.2, 0.25) is 0 Å². The van der Waals surface area contributed by atoms with Crippen molar-refractivity contribution >= 4 is 17.7 Å². The number of rotatable bonds is 16. The van der Waals surface area contributed by atoms with Crippen LogP contribution in [0, 0.1) is 36.5 Å². The number of nitriles is 2. The first-order valence-electron chi connectivity index (χ1n) is 28.0. The van der Waals surface area contributed by atoms with Crippen molar-refractivity contribution in [3.63, 3.8) is 0 Å². The van der Waals surface area contributed by atoms with Crippen molar-refractivity contribution in [1.82, 2.24) is 25.4 Å². The van der Waals surface area contributed by atoms with Crippen molar-refractivity contribution < 1.29 is 33.0 Å². The number of hydrogen-bond donors (Lipinski definition) is 2. The smallest absolute Gasteiger partial charge is 0.282 e. The number of nitrogens with zero attached hydrogens (tertiary/aromatic N) is 6. The number of nitrogen functional groups attached to an aromatic ring is 1. The van der Waals surface area contributed by atoms with Crippen LogP contribution in [0.4, 0.5) is 0 Å². The fourth-order valence-corrected chi connectivity index (χ4v) is 10.9. The van der Waals surface area contributed by atoms with E-state index in [1.54, 1.807) is 6.07 Å². The number of ether oxygens (including phenoxy) is 3. The second-order valence-electron chi connectivity index (χ2n) is 20.5. The van der Waals surface area contributed by atoms with Gasteiger partial charge in [0, 0.05) is 81.1 Å². The summed E-state index contributed by atoms with van der Waals surface area (Å²) in [5.41, 5.74) is 12.9. The monoisotopic (exact) mass is 1050 g/mol. The lowest BCUT2D eigenvalue weighted by Gasteiger charge is -2.33. The third-order valence-electron chi connectivity index (χ3n) is 15.8. The van der Waals surface area contributed by atoms with Gasteiger partial charge in [-0.15, -0.1) is 10.2 Å². The first kappa shape index (κ1) is 57.9. The minimum Gasteiger partial charge on any atom is -0.421 e. The number of nitrogens with two attached hydrogens (primary N) is 1. The lowest BCUT2D eigenvalue weighted by atomic mass is 9.77. The zero-order chi connectivity index (χ0) is 55.1. The molecule has 2 aliphatic carbocycles. The zero-order valence-electron chi connectivity index (χ0n) is 46.3. The summed E-state index contributed by atoms with van der Waals surface area (Å²) in [6.45, 7) is 18.4. The summed E-state index contributed by atoms with van der Waals surface area (Å²) in [6.07, 6.45) is 11.9. The number of hydrazine groups is 1. The van der Waals surface area contributed by atoms with Crippen molar-refractivity contribution in [3.8, 4) is 23.6 Å². The average Bonchev–Trinajstić information content (AvgIpc) is 3.93. The maximum absolute atomic E-state index is 13.6. The zero-order valence-corrected chi connectivity index (χ0v) is 46.3. The Balaban J connectivity index is 0.000000186. The summed E-state index contributed by atoms with van der Waals surface area (Å²) in [6, 6.07) is 27.8. The number of hydrogen-bond acceptors (Lipinski definition) is 12. The standard InChI is InChI=1S/C28H30N4O2.C25H28N4O2.C9H20O3/c1-3-26-30-31-27(34-26)25-16-23(18(2)15-24(25)22-5-4-6-22)28(33)32-13-11-21(12-14-32)20-9-7-19(17-29)8-10-20;1-16-13-22(20-3-2-4-20)23(24(30)28-27)14-21(16)25(31)29-11-9-19(10-12-29)18-7-5-17(15-26)6-8-18;1-5-9(10-6-2,11-7-3)12-8-4/h7-10,15-16,21-22H,3-6,11-14H2,1-2H3;5-8,13-14,19-20H,2-4,9-12,27H2,1H3,(H,28,30);5-8H2,1-4H3. The first-order valence-corrected chi connectivity index (χ1v) is 28.0. The van der Waals surface area contributed by atoms with Crippen molar-refractivity contribution in [2.24, 2.45) is 5.84 Å². The van der Waals surface area contributed by atoms with Crippen LogP contribution in [0.1, 0.15) is 210 Å². The van der Waals surface area contributed by atoms with Crippen LogP contribution < -0.4 is 11.3 Å². The normalized spacial score (nSPS) is 16.1. The summed E-state index contributed by atoms with van der Waals surface area (Å²) < 4.78 is 22.2. The highest BCUT2D eigenvalue weighted by molar-refractivity contribution is 6.01. The molecule has 0 unspecified atom stereocenters. The first-order chi connectivity index (χ1) is 37.3. The van der Waals surface area contributed by atoms with Gasteiger partial charge in [0.15, 0.2) is 0 Å². The summed E-state index contributed by atoms with van der Waals surface area (Å²) in [5.74, 6) is 7.14. The number of aryl methyl sites for hydroxylation is 3. The van der Waals surface area contributed by atoms with E-state index in [1.807, 2.05) is 119 Å². The molecule has 0 radical (unpaired) electrons. The fraction of sp³-hybridized carbons (Fsp3) is 0.500. The van der Waals surface area contributed by atoms with E-state index >= 15 is 0 Å². The molecule has 4 aromatic carbocycles. The van der Waals surface area contributed by atoms with Gasteiger partial charge in [0.1, 0.15) is 0 Å². The molecule has 0 bridgehead atoms. The second kappa shape index (κ2) is 27.5. The third kappa shape index (κ3) is 14.1. The van der Waals surface area contributed by atoms with E-state index in [4.69, 9.17) is 35.0 Å². The van der Waals surface area contributed by atoms with Gasteiger partial charge in [0.2, 0.25) is 11.8 Å². The molecule has 3 amide bonds. The molecule has 0 atom stereocenters. The molecule has 0 spiro atoms. The molecule has 408 valence electrons. The number of piperidine rings is 2. The molecule has 3 heterocycles. The number of benzene rings is 4. The quantitative estimate of drug-likeness (QED) is 0.0409. The largest absolute Gasteiger partial charge is 0.421 e. The number of amides is 3. The number of aromatic nitrogens is 2. The molecule has 1 aromatic heterocycles. The van der Waals surface area contributed by atoms with Crippen molar-refractivity contribution in [3.05, 3.63) is 140 Å². The molecule has 4 fully saturated rings. The van der Waals surface area contributed by atoms with Gasteiger partial charge in [-0.2, -0.15) is 10.5 Å². The van der Waals surface area contributed by atoms with E-state index in [1.165, 1.54) is 29.5 Å². The molecule has 15 nitrogen and oxygen atoms in total. The molecule has 2 saturated carbocycles.